The molecule has 1 aliphatic rings. The second kappa shape index (κ2) is 9.73. The lowest BCUT2D eigenvalue weighted by molar-refractivity contribution is -0.139. The number of amides is 1. The predicted molar refractivity (Wildman–Crippen MR) is 115 cm³/mol. The first-order valence-corrected chi connectivity index (χ1v) is 9.41. The highest BCUT2D eigenvalue weighted by Crippen LogP contribution is 2.32. The van der Waals surface area contributed by atoms with Crippen molar-refractivity contribution >= 4 is 40.8 Å². The molecule has 1 N–H and O–H groups in total. The summed E-state index contributed by atoms with van der Waals surface area (Å²) in [6, 6.07) is 9.90. The zero-order chi connectivity index (χ0) is 22.4. The van der Waals surface area contributed by atoms with Gasteiger partial charge >= 0.3 is 11.9 Å². The smallest absolute Gasteiger partial charge is 0.355 e. The van der Waals surface area contributed by atoms with Crippen molar-refractivity contribution in [1.82, 2.24) is 4.98 Å². The van der Waals surface area contributed by atoms with Crippen molar-refractivity contribution < 1.29 is 23.9 Å². The number of hydrogen-bond acceptors (Lipinski definition) is 7. The van der Waals surface area contributed by atoms with Gasteiger partial charge in [0.15, 0.2) is 0 Å². The number of methoxy groups -OCH3 is 2. The third-order valence-electron chi connectivity index (χ3n) is 4.30. The van der Waals surface area contributed by atoms with Gasteiger partial charge in [-0.15, -0.1) is 0 Å². The molecule has 0 fully saturated rings. The van der Waals surface area contributed by atoms with Crippen LogP contribution in [0.15, 0.2) is 78.3 Å². The van der Waals surface area contributed by atoms with Gasteiger partial charge in [0.2, 0.25) is 0 Å². The van der Waals surface area contributed by atoms with E-state index >= 15 is 0 Å². The molecule has 2 aromatic rings. The lowest BCUT2D eigenvalue weighted by Crippen LogP contribution is -2.28. The molecule has 9 heteroatoms. The molecule has 0 unspecified atom stereocenters. The number of nitrogens with zero attached hydrogens (tertiary/aromatic N) is 2. The average molecular weight is 440 g/mol. The van der Waals surface area contributed by atoms with Gasteiger partial charge in [-0.25, -0.2) is 14.6 Å². The summed E-state index contributed by atoms with van der Waals surface area (Å²) in [5.74, 6) is -1.96. The second-order valence-electron chi connectivity index (χ2n) is 6.13. The molecule has 1 amide bonds. The number of para-hydroxylation sites is 2. The molecule has 0 radical (unpaired) electrons. The van der Waals surface area contributed by atoms with Gasteiger partial charge in [-0.05, 0) is 36.4 Å². The zero-order valence-electron chi connectivity index (χ0n) is 16.7. The Morgan fingerprint density at radius 3 is 2.45 bits per heavy atom. The summed E-state index contributed by atoms with van der Waals surface area (Å²) in [4.78, 5) is 43.1. The van der Waals surface area contributed by atoms with Gasteiger partial charge in [0.1, 0.15) is 10.9 Å². The highest BCUT2D eigenvalue weighted by Gasteiger charge is 2.29. The number of aromatic nitrogens is 1. The van der Waals surface area contributed by atoms with Crippen LogP contribution >= 0.6 is 11.6 Å². The van der Waals surface area contributed by atoms with Crippen molar-refractivity contribution in [2.24, 2.45) is 0 Å². The Morgan fingerprint density at radius 2 is 1.74 bits per heavy atom. The number of rotatable bonds is 5. The van der Waals surface area contributed by atoms with Crippen LogP contribution in [0, 0.1) is 0 Å². The van der Waals surface area contributed by atoms with Crippen LogP contribution in [0.4, 0.5) is 11.4 Å². The summed E-state index contributed by atoms with van der Waals surface area (Å²) < 4.78 is 9.72. The van der Waals surface area contributed by atoms with Gasteiger partial charge in [0, 0.05) is 12.4 Å². The minimum Gasteiger partial charge on any atom is -0.465 e. The molecule has 0 atom stereocenters. The van der Waals surface area contributed by atoms with Crippen LogP contribution in [-0.4, -0.2) is 37.0 Å². The Bertz CT molecular complexity index is 1120. The molecule has 0 aliphatic carbocycles. The predicted octanol–water partition coefficient (Wildman–Crippen LogP) is 3.48. The van der Waals surface area contributed by atoms with Gasteiger partial charge in [-0.2, -0.15) is 0 Å². The van der Waals surface area contributed by atoms with Crippen LogP contribution in [0.3, 0.4) is 0 Å². The standard InChI is InChI=1S/C22H18ClN3O5/c1-30-21(28)14-8-5-6-13-26(18(14)22(29)31-2)17-11-4-3-10-16(17)25-20(27)15-9-7-12-24-19(15)23/h3-13H,1-2H3,(H,25,27). The van der Waals surface area contributed by atoms with Crippen molar-refractivity contribution in [3.8, 4) is 0 Å². The summed E-state index contributed by atoms with van der Waals surface area (Å²) in [7, 11) is 2.42. The second-order valence-corrected chi connectivity index (χ2v) is 6.49. The number of esters is 2. The lowest BCUT2D eigenvalue weighted by Gasteiger charge is -2.25. The van der Waals surface area contributed by atoms with Crippen LogP contribution < -0.4 is 10.2 Å². The molecule has 0 bridgehead atoms. The molecule has 1 aliphatic heterocycles. The normalized spacial score (nSPS) is 12.9. The van der Waals surface area contributed by atoms with E-state index in [9.17, 15) is 14.4 Å². The molecular formula is C22H18ClN3O5. The number of nitrogens with one attached hydrogen (secondary N) is 1. The first-order valence-electron chi connectivity index (χ1n) is 9.03. The average Bonchev–Trinajstić information content (AvgIpc) is 3.01. The van der Waals surface area contributed by atoms with Crippen molar-refractivity contribution in [1.29, 1.82) is 0 Å². The molecule has 158 valence electrons. The molecule has 0 saturated carbocycles. The number of halogens is 1. The fourth-order valence-corrected chi connectivity index (χ4v) is 3.09. The number of allylic oxidation sites excluding steroid dienone is 2. The third-order valence-corrected chi connectivity index (χ3v) is 4.61. The van der Waals surface area contributed by atoms with Gasteiger partial charge in [0.25, 0.3) is 5.91 Å². The number of anilines is 2. The van der Waals surface area contributed by atoms with Crippen molar-refractivity contribution in [3.05, 3.63) is 89.0 Å². The third kappa shape index (κ3) is 4.65. The first kappa shape index (κ1) is 21.8. The highest BCUT2D eigenvalue weighted by atomic mass is 35.5. The largest absolute Gasteiger partial charge is 0.465 e. The summed E-state index contributed by atoms with van der Waals surface area (Å²) in [6.45, 7) is 0. The van der Waals surface area contributed by atoms with Crippen LogP contribution in [0.25, 0.3) is 0 Å². The Morgan fingerprint density at radius 1 is 1.00 bits per heavy atom. The molecular weight excluding hydrogens is 422 g/mol. The van der Waals surface area contributed by atoms with Gasteiger partial charge in [-0.3, -0.25) is 4.79 Å². The maximum absolute atomic E-state index is 12.8. The minimum atomic E-state index is -0.756. The Balaban J connectivity index is 2.09. The SMILES string of the molecule is COC(=O)C1=C(C(=O)OC)N(c2ccccc2NC(=O)c2cccnc2Cl)C=CC=C1. The molecule has 31 heavy (non-hydrogen) atoms. The van der Waals surface area contributed by atoms with E-state index in [1.54, 1.807) is 48.7 Å². The van der Waals surface area contributed by atoms with Crippen molar-refractivity contribution in [2.75, 3.05) is 24.4 Å². The van der Waals surface area contributed by atoms with Gasteiger partial charge in [0.05, 0.1) is 36.7 Å². The van der Waals surface area contributed by atoms with E-state index in [1.807, 2.05) is 0 Å². The van der Waals surface area contributed by atoms with Crippen molar-refractivity contribution in [3.63, 3.8) is 0 Å². The van der Waals surface area contributed by atoms with E-state index in [0.717, 1.165) is 0 Å². The van der Waals surface area contributed by atoms with Crippen LogP contribution in [0.1, 0.15) is 10.4 Å². The fourth-order valence-electron chi connectivity index (χ4n) is 2.89. The van der Waals surface area contributed by atoms with E-state index in [4.69, 9.17) is 21.1 Å². The number of hydrogen-bond donors (Lipinski definition) is 1. The topological polar surface area (TPSA) is 97.8 Å². The van der Waals surface area contributed by atoms with Gasteiger partial charge in [-0.1, -0.05) is 29.8 Å². The molecule has 3 rings (SSSR count). The number of benzene rings is 1. The van der Waals surface area contributed by atoms with E-state index in [-0.39, 0.29) is 22.0 Å². The Kier molecular flexibility index (Phi) is 6.84. The van der Waals surface area contributed by atoms with Crippen LogP contribution in [0.2, 0.25) is 5.15 Å². The lowest BCUT2D eigenvalue weighted by atomic mass is 10.1. The minimum absolute atomic E-state index is 0.00390. The number of carbonyl (C=O) groups excluding carboxylic acids is 3. The molecule has 8 nitrogen and oxygen atoms in total. The molecule has 0 saturated heterocycles. The number of ether oxygens (including phenoxy) is 2. The number of pyridine rings is 1. The summed E-state index contributed by atoms with van der Waals surface area (Å²) in [5.41, 5.74) is 0.893. The van der Waals surface area contributed by atoms with Crippen molar-refractivity contribution in [2.45, 2.75) is 0 Å². The Hall–Kier alpha value is -3.91. The number of carbonyl (C=O) groups is 3. The molecule has 1 aromatic carbocycles. The first-order chi connectivity index (χ1) is 15.0. The summed E-state index contributed by atoms with van der Waals surface area (Å²) >= 11 is 6.03. The van der Waals surface area contributed by atoms with E-state index in [1.165, 1.54) is 37.5 Å². The zero-order valence-corrected chi connectivity index (χ0v) is 17.4. The molecule has 2 heterocycles. The Labute approximate surface area is 183 Å². The summed E-state index contributed by atoms with van der Waals surface area (Å²) in [6.07, 6.45) is 7.72. The van der Waals surface area contributed by atoms with Crippen LogP contribution in [-0.2, 0) is 19.1 Å². The maximum Gasteiger partial charge on any atom is 0.355 e. The monoisotopic (exact) mass is 439 g/mol. The highest BCUT2D eigenvalue weighted by molar-refractivity contribution is 6.33. The summed E-state index contributed by atoms with van der Waals surface area (Å²) in [5, 5.41) is 2.83. The maximum atomic E-state index is 12.8. The quantitative estimate of drug-likeness (QED) is 0.562. The molecule has 1 aromatic heterocycles. The van der Waals surface area contributed by atoms with E-state index < -0.39 is 17.8 Å². The van der Waals surface area contributed by atoms with Gasteiger partial charge < -0.3 is 19.7 Å². The molecule has 0 spiro atoms. The fraction of sp³-hybridized carbons (Fsp3) is 0.0909. The van der Waals surface area contributed by atoms with E-state index in [2.05, 4.69) is 10.3 Å². The van der Waals surface area contributed by atoms with Crippen LogP contribution in [0.5, 0.6) is 0 Å². The van der Waals surface area contributed by atoms with E-state index in [0.29, 0.717) is 11.4 Å².